The molecular formula is C15H21ClN2O2. The quantitative estimate of drug-likeness (QED) is 0.899. The minimum Gasteiger partial charge on any atom is -0.393 e. The fraction of sp³-hybridized carbons (Fsp3) is 0.533. The van der Waals surface area contributed by atoms with Crippen molar-refractivity contribution in [2.75, 3.05) is 18.9 Å². The van der Waals surface area contributed by atoms with E-state index in [1.807, 2.05) is 19.1 Å². The van der Waals surface area contributed by atoms with Crippen LogP contribution in [-0.4, -0.2) is 35.7 Å². The third kappa shape index (κ3) is 3.44. The zero-order valence-corrected chi connectivity index (χ0v) is 12.7. The molecule has 1 aliphatic rings. The molecule has 2 N–H and O–H groups in total. The lowest BCUT2D eigenvalue weighted by molar-refractivity contribution is 0.116. The number of hydrogen-bond acceptors (Lipinski definition) is 2. The van der Waals surface area contributed by atoms with E-state index in [1.54, 1.807) is 18.0 Å². The van der Waals surface area contributed by atoms with E-state index in [-0.39, 0.29) is 18.1 Å². The van der Waals surface area contributed by atoms with Crippen molar-refractivity contribution in [2.45, 2.75) is 32.3 Å². The third-order valence-electron chi connectivity index (χ3n) is 3.93. The Hall–Kier alpha value is -1.26. The highest BCUT2D eigenvalue weighted by Crippen LogP contribution is 2.27. The number of aliphatic hydroxyl groups is 1. The van der Waals surface area contributed by atoms with Gasteiger partial charge in [-0.1, -0.05) is 30.2 Å². The second kappa shape index (κ2) is 6.46. The molecule has 1 fully saturated rings. The number of aryl methyl sites for hydroxylation is 1. The lowest BCUT2D eigenvalue weighted by Crippen LogP contribution is -2.37. The first kappa shape index (κ1) is 15.1. The molecule has 0 aromatic heterocycles. The number of rotatable bonds is 3. The summed E-state index contributed by atoms with van der Waals surface area (Å²) in [4.78, 5) is 13.8. The molecule has 5 heteroatoms. The van der Waals surface area contributed by atoms with Crippen LogP contribution in [0.4, 0.5) is 10.5 Å². The maximum Gasteiger partial charge on any atom is 0.321 e. The number of nitrogens with zero attached hydrogens (tertiary/aromatic N) is 1. The summed E-state index contributed by atoms with van der Waals surface area (Å²) in [6.45, 7) is 2.47. The molecular weight excluding hydrogens is 276 g/mol. The number of halogens is 1. The lowest BCUT2D eigenvalue weighted by Gasteiger charge is -2.24. The van der Waals surface area contributed by atoms with E-state index < -0.39 is 0 Å². The Morgan fingerprint density at radius 3 is 2.85 bits per heavy atom. The van der Waals surface area contributed by atoms with Crippen LogP contribution in [0.2, 0.25) is 5.02 Å². The van der Waals surface area contributed by atoms with Crippen LogP contribution in [0.25, 0.3) is 0 Å². The molecule has 0 unspecified atom stereocenters. The summed E-state index contributed by atoms with van der Waals surface area (Å²) in [5.74, 6) is 0.179. The highest BCUT2D eigenvalue weighted by molar-refractivity contribution is 6.33. The SMILES string of the molecule is Cc1cccc(Cl)c1NC(=O)N(C)C[C@H]1CCC[C@H]1O. The molecule has 20 heavy (non-hydrogen) atoms. The number of benzene rings is 1. The first-order valence-corrected chi connectivity index (χ1v) is 7.32. The first-order chi connectivity index (χ1) is 9.49. The highest BCUT2D eigenvalue weighted by Gasteiger charge is 2.27. The van der Waals surface area contributed by atoms with E-state index in [0.29, 0.717) is 17.3 Å². The minimum absolute atomic E-state index is 0.179. The standard InChI is InChI=1S/C15H21ClN2O2/c1-10-5-3-7-12(16)14(10)17-15(20)18(2)9-11-6-4-8-13(11)19/h3,5,7,11,13,19H,4,6,8-9H2,1-2H3,(H,17,20)/t11-,13-/m1/s1. The van der Waals surface area contributed by atoms with Gasteiger partial charge in [0.1, 0.15) is 0 Å². The summed E-state index contributed by atoms with van der Waals surface area (Å²) in [6, 6.07) is 5.32. The summed E-state index contributed by atoms with van der Waals surface area (Å²) in [5.41, 5.74) is 1.58. The van der Waals surface area contributed by atoms with Crippen molar-refractivity contribution in [1.29, 1.82) is 0 Å². The number of hydrogen-bond donors (Lipinski definition) is 2. The fourth-order valence-corrected chi connectivity index (χ4v) is 2.93. The van der Waals surface area contributed by atoms with Gasteiger partial charge in [0.2, 0.25) is 0 Å². The molecule has 2 atom stereocenters. The minimum atomic E-state index is -0.285. The molecule has 110 valence electrons. The monoisotopic (exact) mass is 296 g/mol. The average Bonchev–Trinajstić information content (AvgIpc) is 2.79. The van der Waals surface area contributed by atoms with Crippen LogP contribution in [0.5, 0.6) is 0 Å². The number of nitrogens with one attached hydrogen (secondary N) is 1. The number of aliphatic hydroxyl groups excluding tert-OH is 1. The highest BCUT2D eigenvalue weighted by atomic mass is 35.5. The number of para-hydroxylation sites is 1. The smallest absolute Gasteiger partial charge is 0.321 e. The summed E-state index contributed by atoms with van der Waals surface area (Å²) in [7, 11) is 1.74. The Bertz CT molecular complexity index is 473. The first-order valence-electron chi connectivity index (χ1n) is 6.94. The van der Waals surface area contributed by atoms with Crippen molar-refractivity contribution < 1.29 is 9.90 Å². The predicted molar refractivity (Wildman–Crippen MR) is 81.2 cm³/mol. The van der Waals surface area contributed by atoms with E-state index in [0.717, 1.165) is 24.8 Å². The Kier molecular flexibility index (Phi) is 4.89. The molecule has 4 nitrogen and oxygen atoms in total. The van der Waals surface area contributed by atoms with Gasteiger partial charge in [-0.15, -0.1) is 0 Å². The van der Waals surface area contributed by atoms with Crippen LogP contribution in [0.1, 0.15) is 24.8 Å². The predicted octanol–water partition coefficient (Wildman–Crippen LogP) is 3.27. The molecule has 1 aromatic rings. The molecule has 0 spiro atoms. The van der Waals surface area contributed by atoms with Crippen LogP contribution in [0.3, 0.4) is 0 Å². The number of urea groups is 1. The molecule has 0 bridgehead atoms. The summed E-state index contributed by atoms with van der Waals surface area (Å²) in [6.07, 6.45) is 2.56. The van der Waals surface area contributed by atoms with Gasteiger partial charge in [0.05, 0.1) is 16.8 Å². The summed E-state index contributed by atoms with van der Waals surface area (Å²) < 4.78 is 0. The summed E-state index contributed by atoms with van der Waals surface area (Å²) in [5, 5.41) is 13.2. The topological polar surface area (TPSA) is 52.6 Å². The maximum absolute atomic E-state index is 12.2. The van der Waals surface area contributed by atoms with Gasteiger partial charge in [-0.2, -0.15) is 0 Å². The Labute approximate surface area is 124 Å². The van der Waals surface area contributed by atoms with Gasteiger partial charge in [0.15, 0.2) is 0 Å². The third-order valence-corrected chi connectivity index (χ3v) is 4.24. The van der Waals surface area contributed by atoms with Crippen LogP contribution in [0, 0.1) is 12.8 Å². The van der Waals surface area contributed by atoms with Gasteiger partial charge in [0, 0.05) is 19.5 Å². The van der Waals surface area contributed by atoms with E-state index in [4.69, 9.17) is 11.6 Å². The molecule has 1 aromatic carbocycles. The Morgan fingerprint density at radius 1 is 1.50 bits per heavy atom. The van der Waals surface area contributed by atoms with Crippen LogP contribution < -0.4 is 5.32 Å². The van der Waals surface area contributed by atoms with Gasteiger partial charge in [0.25, 0.3) is 0 Å². The van der Waals surface area contributed by atoms with Gasteiger partial charge < -0.3 is 15.3 Å². The number of anilines is 1. The Balaban J connectivity index is 1.97. The van der Waals surface area contributed by atoms with E-state index >= 15 is 0 Å². The molecule has 0 aliphatic heterocycles. The van der Waals surface area contributed by atoms with Crippen molar-refractivity contribution in [3.05, 3.63) is 28.8 Å². The van der Waals surface area contributed by atoms with Crippen molar-refractivity contribution in [1.82, 2.24) is 4.90 Å². The van der Waals surface area contributed by atoms with E-state index in [1.165, 1.54) is 0 Å². The molecule has 1 aliphatic carbocycles. The molecule has 0 radical (unpaired) electrons. The van der Waals surface area contributed by atoms with Gasteiger partial charge >= 0.3 is 6.03 Å². The second-order valence-corrected chi connectivity index (χ2v) is 5.91. The number of carbonyl (C=O) groups is 1. The zero-order valence-electron chi connectivity index (χ0n) is 11.9. The van der Waals surface area contributed by atoms with Crippen LogP contribution in [0.15, 0.2) is 18.2 Å². The molecule has 2 rings (SSSR count). The zero-order chi connectivity index (χ0) is 14.7. The summed E-state index contributed by atoms with van der Waals surface area (Å²) >= 11 is 6.10. The van der Waals surface area contributed by atoms with Crippen LogP contribution >= 0.6 is 11.6 Å². The van der Waals surface area contributed by atoms with Crippen molar-refractivity contribution in [3.63, 3.8) is 0 Å². The molecule has 1 saturated carbocycles. The van der Waals surface area contributed by atoms with Crippen molar-refractivity contribution >= 4 is 23.3 Å². The van der Waals surface area contributed by atoms with E-state index in [2.05, 4.69) is 5.32 Å². The fourth-order valence-electron chi connectivity index (χ4n) is 2.66. The average molecular weight is 297 g/mol. The van der Waals surface area contributed by atoms with Gasteiger partial charge in [-0.05, 0) is 31.4 Å². The molecule has 0 heterocycles. The number of carbonyl (C=O) groups excluding carboxylic acids is 1. The van der Waals surface area contributed by atoms with Gasteiger partial charge in [-0.25, -0.2) is 4.79 Å². The second-order valence-electron chi connectivity index (χ2n) is 5.50. The van der Waals surface area contributed by atoms with Gasteiger partial charge in [-0.3, -0.25) is 0 Å². The number of amides is 2. The normalized spacial score (nSPS) is 21.8. The van der Waals surface area contributed by atoms with Crippen molar-refractivity contribution in [3.8, 4) is 0 Å². The Morgan fingerprint density at radius 2 is 2.25 bits per heavy atom. The van der Waals surface area contributed by atoms with E-state index in [9.17, 15) is 9.90 Å². The molecule has 2 amide bonds. The van der Waals surface area contributed by atoms with Crippen LogP contribution in [-0.2, 0) is 0 Å². The van der Waals surface area contributed by atoms with Crippen molar-refractivity contribution in [2.24, 2.45) is 5.92 Å². The largest absolute Gasteiger partial charge is 0.393 e. The lowest BCUT2D eigenvalue weighted by atomic mass is 10.1. The maximum atomic E-state index is 12.2. The molecule has 0 saturated heterocycles.